The molecule has 1 aliphatic heterocycles. The lowest BCUT2D eigenvalue weighted by Gasteiger charge is -2.29. The molecule has 2 N–H and O–H groups in total. The Morgan fingerprint density at radius 2 is 1.65 bits per heavy atom. The molecule has 0 spiro atoms. The van der Waals surface area contributed by atoms with Gasteiger partial charge in [0.05, 0.1) is 6.04 Å². The van der Waals surface area contributed by atoms with Crippen molar-refractivity contribution in [2.24, 2.45) is 11.1 Å². The summed E-state index contributed by atoms with van der Waals surface area (Å²) in [5.41, 5.74) is 5.74. The van der Waals surface area contributed by atoms with Crippen LogP contribution in [0.15, 0.2) is 0 Å². The summed E-state index contributed by atoms with van der Waals surface area (Å²) < 4.78 is 10.6. The molecule has 100 valence electrons. The van der Waals surface area contributed by atoms with Crippen molar-refractivity contribution in [1.82, 2.24) is 4.90 Å². The molecule has 1 amide bonds. The molecule has 1 fully saturated rings. The molecule has 3 unspecified atom stereocenters. The molecule has 1 saturated heterocycles. The van der Waals surface area contributed by atoms with Gasteiger partial charge in [-0.15, -0.1) is 0 Å². The average molecular weight is 244 g/mol. The number of rotatable bonds is 3. The minimum absolute atomic E-state index is 0.0286. The van der Waals surface area contributed by atoms with Crippen LogP contribution in [0.4, 0.5) is 0 Å². The van der Waals surface area contributed by atoms with Gasteiger partial charge in [0.15, 0.2) is 0 Å². The monoisotopic (exact) mass is 244 g/mol. The number of hydrogen-bond donors (Lipinski definition) is 1. The molecule has 5 nitrogen and oxygen atoms in total. The highest BCUT2D eigenvalue weighted by molar-refractivity contribution is 5.82. The van der Waals surface area contributed by atoms with Crippen molar-refractivity contribution in [3.8, 4) is 0 Å². The molecule has 0 aromatic heterocycles. The van der Waals surface area contributed by atoms with Crippen LogP contribution in [0.2, 0.25) is 0 Å². The van der Waals surface area contributed by atoms with Crippen LogP contribution in [-0.4, -0.2) is 56.4 Å². The van der Waals surface area contributed by atoms with Crippen molar-refractivity contribution < 1.29 is 14.3 Å². The van der Waals surface area contributed by atoms with Crippen molar-refractivity contribution in [3.05, 3.63) is 0 Å². The third-order valence-electron chi connectivity index (χ3n) is 3.33. The van der Waals surface area contributed by atoms with E-state index in [9.17, 15) is 4.79 Å². The SMILES string of the molecule is COC1CN(C(=O)C(N)C(C)(C)C)CC1OC. The van der Waals surface area contributed by atoms with Gasteiger partial charge in [-0.2, -0.15) is 0 Å². The summed E-state index contributed by atoms with van der Waals surface area (Å²) in [5.74, 6) is -0.0286. The first-order valence-corrected chi connectivity index (χ1v) is 5.91. The van der Waals surface area contributed by atoms with E-state index in [4.69, 9.17) is 15.2 Å². The van der Waals surface area contributed by atoms with Crippen LogP contribution in [0.1, 0.15) is 20.8 Å². The van der Waals surface area contributed by atoms with Gasteiger partial charge in [0.25, 0.3) is 0 Å². The maximum Gasteiger partial charge on any atom is 0.240 e. The Balaban J connectivity index is 2.67. The minimum Gasteiger partial charge on any atom is -0.377 e. The Morgan fingerprint density at radius 1 is 1.24 bits per heavy atom. The normalized spacial score (nSPS) is 27.3. The lowest BCUT2D eigenvalue weighted by molar-refractivity contribution is -0.134. The second-order valence-corrected chi connectivity index (χ2v) is 5.64. The van der Waals surface area contributed by atoms with Gasteiger partial charge in [-0.1, -0.05) is 20.8 Å². The van der Waals surface area contributed by atoms with E-state index in [1.165, 1.54) is 0 Å². The predicted octanol–water partition coefficient (Wildman–Crippen LogP) is 0.232. The summed E-state index contributed by atoms with van der Waals surface area (Å²) in [7, 11) is 3.27. The summed E-state index contributed by atoms with van der Waals surface area (Å²) in [6, 6.07) is -0.490. The number of ether oxygens (including phenoxy) is 2. The lowest BCUT2D eigenvalue weighted by Crippen LogP contribution is -2.50. The summed E-state index contributed by atoms with van der Waals surface area (Å²) in [5, 5.41) is 0. The quantitative estimate of drug-likeness (QED) is 0.772. The standard InChI is InChI=1S/C12H24N2O3/c1-12(2,3)10(13)11(15)14-6-8(16-4)9(7-14)17-5/h8-10H,6-7,13H2,1-5H3. The highest BCUT2D eigenvalue weighted by atomic mass is 16.5. The number of carbonyl (C=O) groups excluding carboxylic acids is 1. The van der Waals surface area contributed by atoms with E-state index in [1.54, 1.807) is 19.1 Å². The highest BCUT2D eigenvalue weighted by Crippen LogP contribution is 2.22. The largest absolute Gasteiger partial charge is 0.377 e. The van der Waals surface area contributed by atoms with E-state index in [-0.39, 0.29) is 23.5 Å². The molecule has 0 aromatic rings. The van der Waals surface area contributed by atoms with Gasteiger partial charge in [-0.25, -0.2) is 0 Å². The van der Waals surface area contributed by atoms with E-state index in [0.717, 1.165) is 0 Å². The lowest BCUT2D eigenvalue weighted by atomic mass is 9.86. The van der Waals surface area contributed by atoms with Crippen LogP contribution in [0.25, 0.3) is 0 Å². The fourth-order valence-corrected chi connectivity index (χ4v) is 1.94. The van der Waals surface area contributed by atoms with Gasteiger partial charge >= 0.3 is 0 Å². The first kappa shape index (κ1) is 14.4. The predicted molar refractivity (Wildman–Crippen MR) is 65.6 cm³/mol. The average Bonchev–Trinajstić information content (AvgIpc) is 2.68. The number of amides is 1. The summed E-state index contributed by atoms with van der Waals surface area (Å²) >= 11 is 0. The Hall–Kier alpha value is -0.650. The second kappa shape index (κ2) is 5.33. The zero-order chi connectivity index (χ0) is 13.2. The van der Waals surface area contributed by atoms with Crippen LogP contribution in [0.5, 0.6) is 0 Å². The third-order valence-corrected chi connectivity index (χ3v) is 3.33. The van der Waals surface area contributed by atoms with Crippen molar-refractivity contribution in [2.75, 3.05) is 27.3 Å². The molecule has 0 radical (unpaired) electrons. The number of hydrogen-bond acceptors (Lipinski definition) is 4. The van der Waals surface area contributed by atoms with Gasteiger partial charge in [-0.05, 0) is 5.41 Å². The minimum atomic E-state index is -0.490. The van der Waals surface area contributed by atoms with Gasteiger partial charge < -0.3 is 20.1 Å². The van der Waals surface area contributed by atoms with E-state index in [1.807, 2.05) is 20.8 Å². The zero-order valence-electron chi connectivity index (χ0n) is 11.4. The Morgan fingerprint density at radius 3 is 1.94 bits per heavy atom. The smallest absolute Gasteiger partial charge is 0.240 e. The molecule has 0 bridgehead atoms. The number of likely N-dealkylation sites (tertiary alicyclic amines) is 1. The summed E-state index contributed by atoms with van der Waals surface area (Å²) in [4.78, 5) is 13.9. The van der Waals surface area contributed by atoms with Gasteiger partial charge in [-0.3, -0.25) is 4.79 Å². The molecule has 1 rings (SSSR count). The van der Waals surface area contributed by atoms with E-state index < -0.39 is 6.04 Å². The molecule has 1 aliphatic rings. The fraction of sp³-hybridized carbons (Fsp3) is 0.917. The topological polar surface area (TPSA) is 64.8 Å². The number of nitrogens with zero attached hydrogens (tertiary/aromatic N) is 1. The van der Waals surface area contributed by atoms with Crippen molar-refractivity contribution >= 4 is 5.91 Å². The third kappa shape index (κ3) is 3.18. The zero-order valence-corrected chi connectivity index (χ0v) is 11.4. The Bertz CT molecular complexity index is 263. The number of nitrogens with two attached hydrogens (primary N) is 1. The molecule has 0 saturated carbocycles. The van der Waals surface area contributed by atoms with Crippen LogP contribution >= 0.6 is 0 Å². The van der Waals surface area contributed by atoms with E-state index in [2.05, 4.69) is 0 Å². The maximum absolute atomic E-state index is 12.2. The first-order valence-electron chi connectivity index (χ1n) is 5.91. The number of methoxy groups -OCH3 is 2. The van der Waals surface area contributed by atoms with Gasteiger partial charge in [0.2, 0.25) is 5.91 Å². The van der Waals surface area contributed by atoms with Crippen molar-refractivity contribution in [3.63, 3.8) is 0 Å². The molecule has 1 heterocycles. The molecule has 3 atom stereocenters. The van der Waals surface area contributed by atoms with Crippen LogP contribution in [0.3, 0.4) is 0 Å². The highest BCUT2D eigenvalue weighted by Gasteiger charge is 2.39. The molecular formula is C12H24N2O3. The molecule has 5 heteroatoms. The van der Waals surface area contributed by atoms with Crippen LogP contribution < -0.4 is 5.73 Å². The Kier molecular flexibility index (Phi) is 4.52. The van der Waals surface area contributed by atoms with Gasteiger partial charge in [0.1, 0.15) is 12.2 Å². The second-order valence-electron chi connectivity index (χ2n) is 5.64. The fourth-order valence-electron chi connectivity index (χ4n) is 1.94. The molecular weight excluding hydrogens is 220 g/mol. The molecule has 17 heavy (non-hydrogen) atoms. The van der Waals surface area contributed by atoms with Crippen molar-refractivity contribution in [2.45, 2.75) is 39.0 Å². The maximum atomic E-state index is 12.2. The summed E-state index contributed by atoms with van der Waals surface area (Å²) in [6.07, 6.45) is -0.118. The summed E-state index contributed by atoms with van der Waals surface area (Å²) in [6.45, 7) is 7.00. The van der Waals surface area contributed by atoms with Crippen molar-refractivity contribution in [1.29, 1.82) is 0 Å². The number of carbonyl (C=O) groups is 1. The van der Waals surface area contributed by atoms with E-state index >= 15 is 0 Å². The molecule has 0 aliphatic carbocycles. The van der Waals surface area contributed by atoms with Crippen LogP contribution in [-0.2, 0) is 14.3 Å². The Labute approximate surface area is 103 Å². The van der Waals surface area contributed by atoms with Crippen LogP contribution in [0, 0.1) is 5.41 Å². The molecule has 0 aromatic carbocycles. The first-order chi connectivity index (χ1) is 7.81. The van der Waals surface area contributed by atoms with E-state index in [0.29, 0.717) is 13.1 Å². The van der Waals surface area contributed by atoms with Gasteiger partial charge in [0, 0.05) is 27.3 Å².